The molecular formula is C19H24N7OPS. The largest absolute Gasteiger partial charge is 0.404 e. The van der Waals surface area contributed by atoms with E-state index in [1.807, 2.05) is 11.8 Å². The summed E-state index contributed by atoms with van der Waals surface area (Å²) in [5, 5.41) is 23.7. The molecule has 10 heteroatoms. The Morgan fingerprint density at radius 3 is 2.97 bits per heavy atom. The number of nitrogens with zero attached hydrogens (tertiary/aromatic N) is 5. The van der Waals surface area contributed by atoms with Gasteiger partial charge in [0.05, 0.1) is 36.7 Å². The fourth-order valence-electron chi connectivity index (χ4n) is 3.94. The molecule has 0 aromatic carbocycles. The summed E-state index contributed by atoms with van der Waals surface area (Å²) < 4.78 is 7.05. The van der Waals surface area contributed by atoms with Crippen molar-refractivity contribution in [2.24, 2.45) is 5.73 Å². The van der Waals surface area contributed by atoms with Crippen LogP contribution in [0.3, 0.4) is 0 Å². The zero-order chi connectivity index (χ0) is 20.4. The van der Waals surface area contributed by atoms with Gasteiger partial charge in [-0.05, 0) is 48.3 Å². The van der Waals surface area contributed by atoms with Gasteiger partial charge in [0.2, 0.25) is 0 Å². The normalized spacial score (nSPS) is 22.1. The summed E-state index contributed by atoms with van der Waals surface area (Å²) in [5.74, 6) is 2.93. The highest BCUT2D eigenvalue weighted by atomic mass is 32.2. The first-order chi connectivity index (χ1) is 14.1. The number of thioether (sulfide) groups is 1. The van der Waals surface area contributed by atoms with Crippen molar-refractivity contribution in [1.29, 1.82) is 10.7 Å². The molecule has 4 heterocycles. The molecule has 8 nitrogen and oxygen atoms in total. The van der Waals surface area contributed by atoms with Crippen molar-refractivity contribution in [2.75, 3.05) is 36.2 Å². The first-order valence-corrected chi connectivity index (χ1v) is 11.4. The molecule has 2 aliphatic rings. The number of ether oxygens (including phenoxy) is 1. The maximum atomic E-state index is 10.2. The highest BCUT2D eigenvalue weighted by molar-refractivity contribution is 7.99. The van der Waals surface area contributed by atoms with E-state index in [1.54, 1.807) is 6.20 Å². The minimum atomic E-state index is -0.566. The number of pyridine rings is 1. The van der Waals surface area contributed by atoms with Gasteiger partial charge in [-0.2, -0.15) is 26.8 Å². The minimum Gasteiger partial charge on any atom is -0.404 e. The fourth-order valence-corrected chi connectivity index (χ4v) is 5.56. The summed E-state index contributed by atoms with van der Waals surface area (Å²) in [6.45, 7) is 1.95. The molecule has 152 valence electrons. The van der Waals surface area contributed by atoms with Crippen molar-refractivity contribution in [2.45, 2.75) is 24.0 Å². The molecule has 0 radical (unpaired) electrons. The van der Waals surface area contributed by atoms with Crippen LogP contribution in [0.15, 0.2) is 24.5 Å². The number of rotatable bonds is 3. The Labute approximate surface area is 176 Å². The van der Waals surface area contributed by atoms with E-state index in [2.05, 4.69) is 31.4 Å². The van der Waals surface area contributed by atoms with Crippen molar-refractivity contribution < 1.29 is 4.74 Å². The summed E-state index contributed by atoms with van der Waals surface area (Å²) in [7, 11) is 2.80. The number of fused-ring (bicyclic) bond motifs is 1. The van der Waals surface area contributed by atoms with Gasteiger partial charge < -0.3 is 15.4 Å². The summed E-state index contributed by atoms with van der Waals surface area (Å²) in [5.41, 5.74) is 6.45. The van der Waals surface area contributed by atoms with Gasteiger partial charge >= 0.3 is 0 Å². The van der Waals surface area contributed by atoms with E-state index in [1.165, 1.54) is 17.0 Å². The Morgan fingerprint density at radius 2 is 2.28 bits per heavy atom. The molecular weight excluding hydrogens is 405 g/mol. The summed E-state index contributed by atoms with van der Waals surface area (Å²) in [6, 6.07) is 4.67. The second-order valence-electron chi connectivity index (χ2n) is 7.21. The van der Waals surface area contributed by atoms with Crippen molar-refractivity contribution in [3.63, 3.8) is 0 Å². The zero-order valence-corrected chi connectivity index (χ0v) is 18.0. The van der Waals surface area contributed by atoms with E-state index in [-0.39, 0.29) is 11.6 Å². The average molecular weight is 429 g/mol. The van der Waals surface area contributed by atoms with Crippen LogP contribution in [0.5, 0.6) is 0 Å². The van der Waals surface area contributed by atoms with Crippen LogP contribution in [-0.2, 0) is 10.2 Å². The number of hydrogen-bond donors (Lipinski definition) is 2. The Hall–Kier alpha value is -2.14. The highest BCUT2D eigenvalue weighted by Gasteiger charge is 2.38. The molecule has 29 heavy (non-hydrogen) atoms. The first-order valence-electron chi connectivity index (χ1n) is 9.55. The van der Waals surface area contributed by atoms with E-state index in [0.717, 1.165) is 47.7 Å². The SMILES string of the molecule is N#CC1(c2cc(N3CCOC[C@H]3P)nc3c2cnn3C(=N)/C=C\N)CCSCC1. The number of morpholine rings is 1. The van der Waals surface area contributed by atoms with Crippen LogP contribution in [-0.4, -0.2) is 57.6 Å². The number of nitrogens with two attached hydrogens (primary N) is 1. The molecule has 2 atom stereocenters. The molecule has 2 aromatic rings. The Morgan fingerprint density at radius 1 is 1.48 bits per heavy atom. The van der Waals surface area contributed by atoms with Crippen molar-refractivity contribution in [3.05, 3.63) is 30.1 Å². The second-order valence-corrected chi connectivity index (χ2v) is 9.20. The summed E-state index contributed by atoms with van der Waals surface area (Å²) in [6.07, 6.45) is 6.11. The lowest BCUT2D eigenvalue weighted by Gasteiger charge is -2.36. The van der Waals surface area contributed by atoms with Crippen molar-refractivity contribution >= 4 is 43.7 Å². The lowest BCUT2D eigenvalue weighted by molar-refractivity contribution is 0.114. The predicted molar refractivity (Wildman–Crippen MR) is 119 cm³/mol. The molecule has 0 bridgehead atoms. The number of hydrogen-bond acceptors (Lipinski definition) is 8. The summed E-state index contributed by atoms with van der Waals surface area (Å²) >= 11 is 1.89. The molecule has 0 saturated carbocycles. The summed E-state index contributed by atoms with van der Waals surface area (Å²) in [4.78, 5) is 7.04. The highest BCUT2D eigenvalue weighted by Crippen LogP contribution is 2.42. The Balaban J connectivity index is 1.93. The third-order valence-corrected chi connectivity index (χ3v) is 7.08. The number of allylic oxidation sites excluding steroid dienone is 1. The number of nitriles is 1. The maximum Gasteiger partial charge on any atom is 0.167 e. The van der Waals surface area contributed by atoms with Crippen LogP contribution in [0.2, 0.25) is 0 Å². The van der Waals surface area contributed by atoms with Crippen LogP contribution in [0.4, 0.5) is 5.82 Å². The first kappa shape index (κ1) is 20.1. The van der Waals surface area contributed by atoms with Gasteiger partial charge in [-0.1, -0.05) is 0 Å². The standard InChI is InChI=1S/C19H24N7OPS/c20-4-1-15(22)26-18-13(10-23-26)14(19(12-21)2-7-29-8-3-19)9-16(24-18)25-5-6-27-11-17(25)28/h1,4,9-10,17,22H,2-3,5-8,11,20,28H2/b4-1-,22-15?/t17-/m1/s1. The molecule has 2 fully saturated rings. The van der Waals surface area contributed by atoms with Gasteiger partial charge in [0.25, 0.3) is 0 Å². The third kappa shape index (κ3) is 3.61. The molecule has 2 saturated heterocycles. The fraction of sp³-hybridized carbons (Fsp3) is 0.474. The van der Waals surface area contributed by atoms with E-state index < -0.39 is 5.41 Å². The maximum absolute atomic E-state index is 10.2. The molecule has 0 spiro atoms. The van der Waals surface area contributed by atoms with E-state index in [4.69, 9.17) is 20.9 Å². The zero-order valence-electron chi connectivity index (χ0n) is 16.0. The molecule has 0 amide bonds. The third-order valence-electron chi connectivity index (χ3n) is 5.55. The van der Waals surface area contributed by atoms with Gasteiger partial charge in [0.1, 0.15) is 11.7 Å². The molecule has 1 unspecified atom stereocenters. The number of anilines is 1. The monoisotopic (exact) mass is 429 g/mol. The predicted octanol–water partition coefficient (Wildman–Crippen LogP) is 2.06. The van der Waals surface area contributed by atoms with Crippen LogP contribution in [0, 0.1) is 16.7 Å². The molecule has 4 rings (SSSR count). The van der Waals surface area contributed by atoms with Gasteiger partial charge in [-0.3, -0.25) is 5.41 Å². The van der Waals surface area contributed by atoms with Gasteiger partial charge in [0, 0.05) is 11.9 Å². The number of nitrogens with one attached hydrogen (secondary N) is 1. The van der Waals surface area contributed by atoms with Crippen LogP contribution >= 0.6 is 21.0 Å². The molecule has 2 aliphatic heterocycles. The quantitative estimate of drug-likeness (QED) is 0.436. The van der Waals surface area contributed by atoms with Gasteiger partial charge in [-0.15, -0.1) is 9.24 Å². The van der Waals surface area contributed by atoms with Crippen molar-refractivity contribution in [3.8, 4) is 6.07 Å². The molecule has 0 aliphatic carbocycles. The molecule has 3 N–H and O–H groups in total. The molecule has 2 aromatic heterocycles. The number of aromatic nitrogens is 3. The van der Waals surface area contributed by atoms with Crippen molar-refractivity contribution in [1.82, 2.24) is 14.8 Å². The Kier molecular flexibility index (Phi) is 5.77. The smallest absolute Gasteiger partial charge is 0.167 e. The van der Waals surface area contributed by atoms with E-state index in [0.29, 0.717) is 18.9 Å². The minimum absolute atomic E-state index is 0.0984. The van der Waals surface area contributed by atoms with Crippen LogP contribution in [0.1, 0.15) is 18.4 Å². The van der Waals surface area contributed by atoms with Gasteiger partial charge in [0.15, 0.2) is 5.65 Å². The van der Waals surface area contributed by atoms with Gasteiger partial charge in [-0.25, -0.2) is 4.98 Å². The second kappa shape index (κ2) is 8.31. The van der Waals surface area contributed by atoms with E-state index in [9.17, 15) is 5.26 Å². The lowest BCUT2D eigenvalue weighted by atomic mass is 9.76. The topological polar surface area (TPSA) is 117 Å². The van der Waals surface area contributed by atoms with Crippen LogP contribution in [0.25, 0.3) is 11.0 Å². The Bertz CT molecular complexity index is 992. The lowest BCUT2D eigenvalue weighted by Crippen LogP contribution is -2.42. The van der Waals surface area contributed by atoms with E-state index >= 15 is 0 Å². The average Bonchev–Trinajstić information content (AvgIpc) is 3.18. The van der Waals surface area contributed by atoms with Crippen LogP contribution < -0.4 is 10.6 Å².